The molecule has 2 heterocycles. The van der Waals surface area contributed by atoms with Crippen molar-refractivity contribution in [3.8, 4) is 11.1 Å². The van der Waals surface area contributed by atoms with Crippen LogP contribution in [0.2, 0.25) is 0 Å². The minimum atomic E-state index is -0.960. The Morgan fingerprint density at radius 2 is 2.00 bits per heavy atom. The summed E-state index contributed by atoms with van der Waals surface area (Å²) in [6, 6.07) is 11.7. The molecule has 20 heavy (non-hydrogen) atoms. The lowest BCUT2D eigenvalue weighted by Crippen LogP contribution is -2.04. The topological polar surface area (TPSA) is 69.1 Å². The van der Waals surface area contributed by atoms with Crippen LogP contribution in [0.25, 0.3) is 22.2 Å². The first-order valence-electron chi connectivity index (χ1n) is 6.22. The zero-order valence-electron chi connectivity index (χ0n) is 10.5. The lowest BCUT2D eigenvalue weighted by atomic mass is 10.0. The number of nitrogens with one attached hydrogen (secondary N) is 1. The normalized spacial score (nSPS) is 12.8. The van der Waals surface area contributed by atoms with E-state index >= 15 is 0 Å². The van der Waals surface area contributed by atoms with Gasteiger partial charge in [-0.2, -0.15) is 0 Å². The predicted molar refractivity (Wildman–Crippen MR) is 81.3 cm³/mol. The second-order valence-electron chi connectivity index (χ2n) is 4.53. The molecule has 0 saturated carbocycles. The first kappa shape index (κ1) is 13.3. The average molecular weight is 333 g/mol. The highest BCUT2D eigenvalue weighted by atomic mass is 79.9. The van der Waals surface area contributed by atoms with Crippen LogP contribution in [0.5, 0.6) is 0 Å². The zero-order valence-corrected chi connectivity index (χ0v) is 12.1. The molecule has 0 fully saturated rings. The van der Waals surface area contributed by atoms with E-state index in [2.05, 4.69) is 25.9 Å². The lowest BCUT2D eigenvalue weighted by molar-refractivity contribution is 0.0932. The van der Waals surface area contributed by atoms with Gasteiger partial charge >= 0.3 is 0 Å². The van der Waals surface area contributed by atoms with Crippen LogP contribution in [0.1, 0.15) is 11.8 Å². The van der Waals surface area contributed by atoms with Crippen molar-refractivity contribution in [2.45, 2.75) is 6.10 Å². The number of halogens is 1. The van der Waals surface area contributed by atoms with Gasteiger partial charge in [0.1, 0.15) is 11.8 Å². The maximum atomic E-state index is 10.0. The van der Waals surface area contributed by atoms with Gasteiger partial charge < -0.3 is 15.2 Å². The van der Waals surface area contributed by atoms with Gasteiger partial charge in [-0.15, -0.1) is 0 Å². The quantitative estimate of drug-likeness (QED) is 0.690. The molecular formula is C15H13BrN2O2. The molecule has 4 nitrogen and oxygen atoms in total. The number of hydrogen-bond acceptors (Lipinski definition) is 3. The van der Waals surface area contributed by atoms with Crippen molar-refractivity contribution < 1.29 is 10.2 Å². The maximum Gasteiger partial charge on any atom is 0.138 e. The smallest absolute Gasteiger partial charge is 0.138 e. The molecule has 3 aromatic rings. The predicted octanol–water partition coefficient (Wildman–Crippen LogP) is 3.02. The minimum absolute atomic E-state index is 0.339. The molecule has 3 rings (SSSR count). The van der Waals surface area contributed by atoms with Gasteiger partial charge in [-0.3, -0.25) is 0 Å². The molecule has 1 aromatic carbocycles. The van der Waals surface area contributed by atoms with Crippen LogP contribution >= 0.6 is 15.9 Å². The van der Waals surface area contributed by atoms with Crippen LogP contribution in [0.4, 0.5) is 0 Å². The first-order valence-corrected chi connectivity index (χ1v) is 7.01. The van der Waals surface area contributed by atoms with Crippen LogP contribution in [0.3, 0.4) is 0 Å². The Morgan fingerprint density at radius 1 is 1.25 bits per heavy atom. The second kappa shape index (κ2) is 5.36. The van der Waals surface area contributed by atoms with Gasteiger partial charge in [0.05, 0.1) is 12.3 Å². The molecule has 0 aliphatic heterocycles. The van der Waals surface area contributed by atoms with Crippen molar-refractivity contribution in [1.29, 1.82) is 0 Å². The zero-order chi connectivity index (χ0) is 14.1. The summed E-state index contributed by atoms with van der Waals surface area (Å²) in [7, 11) is 0. The fourth-order valence-electron chi connectivity index (χ4n) is 2.32. The van der Waals surface area contributed by atoms with E-state index in [1.165, 1.54) is 0 Å². The number of pyridine rings is 1. The summed E-state index contributed by atoms with van der Waals surface area (Å²) >= 11 is 3.41. The molecule has 0 aliphatic carbocycles. The molecule has 102 valence electrons. The number of nitrogens with zero attached hydrogens (tertiary/aromatic N) is 1. The van der Waals surface area contributed by atoms with Crippen LogP contribution in [-0.2, 0) is 0 Å². The van der Waals surface area contributed by atoms with E-state index in [1.807, 2.05) is 36.4 Å². The van der Waals surface area contributed by atoms with Gasteiger partial charge in [-0.25, -0.2) is 4.98 Å². The van der Waals surface area contributed by atoms with Gasteiger partial charge in [-0.1, -0.05) is 30.3 Å². The molecule has 1 unspecified atom stereocenters. The third-order valence-electron chi connectivity index (χ3n) is 3.21. The van der Waals surface area contributed by atoms with Crippen molar-refractivity contribution in [3.05, 3.63) is 52.8 Å². The molecule has 0 saturated heterocycles. The molecule has 0 spiro atoms. The van der Waals surface area contributed by atoms with Crippen LogP contribution in [0, 0.1) is 0 Å². The second-order valence-corrected chi connectivity index (χ2v) is 5.44. The van der Waals surface area contributed by atoms with Crippen molar-refractivity contribution in [2.24, 2.45) is 0 Å². The molecule has 0 radical (unpaired) electrons. The highest BCUT2D eigenvalue weighted by molar-refractivity contribution is 9.10. The average Bonchev–Trinajstić information content (AvgIpc) is 2.85. The Morgan fingerprint density at radius 3 is 2.70 bits per heavy atom. The van der Waals surface area contributed by atoms with Gasteiger partial charge in [-0.05, 0) is 27.6 Å². The van der Waals surface area contributed by atoms with Gasteiger partial charge in [0.2, 0.25) is 0 Å². The summed E-state index contributed by atoms with van der Waals surface area (Å²) in [6.07, 6.45) is 0.737. The van der Waals surface area contributed by atoms with Crippen LogP contribution < -0.4 is 0 Å². The SMILES string of the molecule is OCC(O)c1[nH]c2ncc(Br)cc2c1-c1ccccc1. The molecule has 5 heteroatoms. The number of aliphatic hydroxyl groups excluding tert-OH is 2. The van der Waals surface area contributed by atoms with E-state index in [-0.39, 0.29) is 6.61 Å². The van der Waals surface area contributed by atoms with E-state index in [4.69, 9.17) is 0 Å². The third kappa shape index (κ3) is 2.24. The molecule has 0 amide bonds. The number of aromatic nitrogens is 2. The summed E-state index contributed by atoms with van der Waals surface area (Å²) in [6.45, 7) is -0.339. The minimum Gasteiger partial charge on any atom is -0.393 e. The van der Waals surface area contributed by atoms with Crippen molar-refractivity contribution in [3.63, 3.8) is 0 Å². The molecule has 0 aliphatic rings. The van der Waals surface area contributed by atoms with Crippen molar-refractivity contribution in [1.82, 2.24) is 9.97 Å². The summed E-state index contributed by atoms with van der Waals surface area (Å²) in [4.78, 5) is 7.41. The number of fused-ring (bicyclic) bond motifs is 1. The van der Waals surface area contributed by atoms with Crippen LogP contribution in [0.15, 0.2) is 47.1 Å². The largest absolute Gasteiger partial charge is 0.393 e. The van der Waals surface area contributed by atoms with Crippen molar-refractivity contribution >= 4 is 27.0 Å². The Kier molecular flexibility index (Phi) is 3.56. The molecule has 1 atom stereocenters. The van der Waals surface area contributed by atoms with Gasteiger partial charge in [0.15, 0.2) is 0 Å². The highest BCUT2D eigenvalue weighted by Gasteiger charge is 2.19. The molecule has 3 N–H and O–H groups in total. The Bertz CT molecular complexity index is 740. The number of aliphatic hydroxyl groups is 2. The molecule has 0 bridgehead atoms. The van der Waals surface area contributed by atoms with Crippen molar-refractivity contribution in [2.75, 3.05) is 6.61 Å². The summed E-state index contributed by atoms with van der Waals surface area (Å²) in [5.74, 6) is 0. The maximum absolute atomic E-state index is 10.0. The van der Waals surface area contributed by atoms with E-state index in [0.717, 1.165) is 21.0 Å². The monoisotopic (exact) mass is 332 g/mol. The fourth-order valence-corrected chi connectivity index (χ4v) is 2.65. The van der Waals surface area contributed by atoms with E-state index in [9.17, 15) is 10.2 Å². The van der Waals surface area contributed by atoms with Crippen LogP contribution in [-0.4, -0.2) is 26.8 Å². The number of benzene rings is 1. The number of hydrogen-bond donors (Lipinski definition) is 3. The fraction of sp³-hybridized carbons (Fsp3) is 0.133. The highest BCUT2D eigenvalue weighted by Crippen LogP contribution is 2.35. The summed E-state index contributed by atoms with van der Waals surface area (Å²) in [5.41, 5.74) is 3.12. The summed E-state index contributed by atoms with van der Waals surface area (Å²) < 4.78 is 0.867. The number of H-pyrrole nitrogens is 1. The lowest BCUT2D eigenvalue weighted by Gasteiger charge is -2.09. The third-order valence-corrected chi connectivity index (χ3v) is 3.65. The first-order chi connectivity index (χ1) is 9.70. The number of aromatic amines is 1. The molecular weight excluding hydrogens is 320 g/mol. The summed E-state index contributed by atoms with van der Waals surface area (Å²) in [5, 5.41) is 20.2. The van der Waals surface area contributed by atoms with E-state index in [0.29, 0.717) is 11.3 Å². The Balaban J connectivity index is 2.33. The van der Waals surface area contributed by atoms with E-state index < -0.39 is 6.10 Å². The van der Waals surface area contributed by atoms with Gasteiger partial charge in [0, 0.05) is 21.6 Å². The van der Waals surface area contributed by atoms with E-state index in [1.54, 1.807) is 6.20 Å². The number of rotatable bonds is 3. The Hall–Kier alpha value is -1.69. The Labute approximate surface area is 124 Å². The standard InChI is InChI=1S/C15H13BrN2O2/c16-10-6-11-13(9-4-2-1-3-5-9)14(12(20)8-19)18-15(11)17-7-10/h1-7,12,19-20H,8H2,(H,17,18). The van der Waals surface area contributed by atoms with Gasteiger partial charge in [0.25, 0.3) is 0 Å². The molecule has 2 aromatic heterocycles.